The summed E-state index contributed by atoms with van der Waals surface area (Å²) in [5.41, 5.74) is 5.60. The van der Waals surface area contributed by atoms with Gasteiger partial charge in [0.25, 0.3) is 0 Å². The van der Waals surface area contributed by atoms with Crippen molar-refractivity contribution >= 4 is 21.4 Å². The van der Waals surface area contributed by atoms with Gasteiger partial charge in [0, 0.05) is 19.3 Å². The van der Waals surface area contributed by atoms with Gasteiger partial charge in [0.15, 0.2) is 5.03 Å². The first kappa shape index (κ1) is 14.4. The number of hydrogen-bond donors (Lipinski definition) is 1. The van der Waals surface area contributed by atoms with E-state index in [4.69, 9.17) is 5.73 Å². The molecule has 1 heterocycles. The molecule has 1 aromatic rings. The maximum absolute atomic E-state index is 12.0. The first-order valence-corrected chi connectivity index (χ1v) is 7.10. The third-order valence-corrected chi connectivity index (χ3v) is 4.13. The number of hydrogen-bond acceptors (Lipinski definition) is 5. The smallest absolute Gasteiger partial charge is 0.238 e. The zero-order valence-electron chi connectivity index (χ0n) is 10.6. The summed E-state index contributed by atoms with van der Waals surface area (Å²) in [5.74, 6) is -1.10. The Morgan fingerprint density at radius 1 is 1.50 bits per heavy atom. The number of aromatic nitrogens is 1. The molecular formula is C11H17N3O3S. The number of pyridine rings is 1. The molecule has 0 aliphatic carbocycles. The number of carbonyl (C=O) groups excluding carboxylic acids is 1. The average molecular weight is 271 g/mol. The van der Waals surface area contributed by atoms with E-state index in [2.05, 4.69) is 4.98 Å². The van der Waals surface area contributed by atoms with E-state index >= 15 is 0 Å². The minimum Gasteiger partial charge on any atom is -0.396 e. The van der Waals surface area contributed by atoms with Gasteiger partial charge in [-0.2, -0.15) is 0 Å². The quantitative estimate of drug-likeness (QED) is 0.850. The van der Waals surface area contributed by atoms with Crippen molar-refractivity contribution in [2.45, 2.75) is 24.9 Å². The molecule has 0 unspecified atom stereocenters. The fourth-order valence-corrected chi connectivity index (χ4v) is 2.60. The lowest BCUT2D eigenvalue weighted by atomic mass is 10.3. The van der Waals surface area contributed by atoms with Crippen LogP contribution in [0, 0.1) is 0 Å². The minimum atomic E-state index is -3.80. The molecule has 0 saturated carbocycles. The lowest BCUT2D eigenvalue weighted by molar-refractivity contribution is -0.128. The first-order valence-electron chi connectivity index (χ1n) is 5.44. The van der Waals surface area contributed by atoms with Crippen LogP contribution in [0.3, 0.4) is 0 Å². The Hall–Kier alpha value is -1.63. The van der Waals surface area contributed by atoms with Crippen LogP contribution in [0.1, 0.15) is 13.8 Å². The summed E-state index contributed by atoms with van der Waals surface area (Å²) in [6, 6.07) is 2.92. The van der Waals surface area contributed by atoms with Crippen LogP contribution >= 0.6 is 0 Å². The normalized spacial score (nSPS) is 11.6. The van der Waals surface area contributed by atoms with Crippen molar-refractivity contribution in [3.8, 4) is 0 Å². The highest BCUT2D eigenvalue weighted by Crippen LogP contribution is 2.16. The molecule has 7 heteroatoms. The van der Waals surface area contributed by atoms with Gasteiger partial charge in [0.05, 0.1) is 5.69 Å². The topological polar surface area (TPSA) is 93.4 Å². The van der Waals surface area contributed by atoms with Crippen molar-refractivity contribution in [1.29, 1.82) is 0 Å². The Labute approximate surface area is 107 Å². The van der Waals surface area contributed by atoms with Gasteiger partial charge in [-0.05, 0) is 26.0 Å². The Morgan fingerprint density at radius 2 is 2.11 bits per heavy atom. The molecule has 2 N–H and O–H groups in total. The molecule has 0 aromatic carbocycles. The molecular weight excluding hydrogens is 254 g/mol. The van der Waals surface area contributed by atoms with Gasteiger partial charge in [-0.15, -0.1) is 0 Å². The molecule has 100 valence electrons. The number of nitrogen functional groups attached to an aromatic ring is 1. The summed E-state index contributed by atoms with van der Waals surface area (Å²) in [7, 11) is -2.24. The van der Waals surface area contributed by atoms with E-state index in [1.54, 1.807) is 20.9 Å². The summed E-state index contributed by atoms with van der Waals surface area (Å²) in [5, 5.41) is -0.240. The monoisotopic (exact) mass is 271 g/mol. The van der Waals surface area contributed by atoms with Crippen LogP contribution < -0.4 is 5.73 Å². The summed E-state index contributed by atoms with van der Waals surface area (Å²) < 4.78 is 24.0. The molecule has 0 saturated heterocycles. The van der Waals surface area contributed by atoms with Gasteiger partial charge in [0.2, 0.25) is 15.7 Å². The fourth-order valence-electron chi connectivity index (χ4n) is 1.28. The molecule has 0 fully saturated rings. The minimum absolute atomic E-state index is 0.0532. The van der Waals surface area contributed by atoms with Crippen LogP contribution in [-0.2, 0) is 14.6 Å². The second-order valence-corrected chi connectivity index (χ2v) is 6.16. The summed E-state index contributed by atoms with van der Waals surface area (Å²) >= 11 is 0. The number of nitrogens with zero attached hydrogens (tertiary/aromatic N) is 2. The lowest BCUT2D eigenvalue weighted by Crippen LogP contribution is -2.37. The van der Waals surface area contributed by atoms with Gasteiger partial charge in [-0.1, -0.05) is 0 Å². The SMILES string of the molecule is CC(C)N(C)C(=O)CS(=O)(=O)c1ncccc1N. The summed E-state index contributed by atoms with van der Waals surface area (Å²) in [4.78, 5) is 16.9. The molecule has 1 amide bonds. The number of sulfone groups is 1. The number of nitrogens with two attached hydrogens (primary N) is 1. The van der Waals surface area contributed by atoms with Crippen LogP contribution in [0.5, 0.6) is 0 Å². The zero-order chi connectivity index (χ0) is 13.9. The number of carbonyl (C=O) groups is 1. The lowest BCUT2D eigenvalue weighted by Gasteiger charge is -2.21. The van der Waals surface area contributed by atoms with Crippen molar-refractivity contribution in [2.24, 2.45) is 0 Å². The molecule has 18 heavy (non-hydrogen) atoms. The second kappa shape index (κ2) is 5.34. The highest BCUT2D eigenvalue weighted by molar-refractivity contribution is 7.92. The largest absolute Gasteiger partial charge is 0.396 e. The van der Waals surface area contributed by atoms with E-state index in [1.165, 1.54) is 23.2 Å². The Kier molecular flexibility index (Phi) is 4.28. The molecule has 6 nitrogen and oxygen atoms in total. The van der Waals surface area contributed by atoms with E-state index in [-0.39, 0.29) is 16.8 Å². The second-order valence-electron chi connectivity index (χ2n) is 4.26. The van der Waals surface area contributed by atoms with Crippen LogP contribution in [0.25, 0.3) is 0 Å². The molecule has 0 spiro atoms. The fraction of sp³-hybridized carbons (Fsp3) is 0.455. The maximum Gasteiger partial charge on any atom is 0.238 e. The molecule has 0 atom stereocenters. The summed E-state index contributed by atoms with van der Waals surface area (Å²) in [6.07, 6.45) is 1.33. The maximum atomic E-state index is 12.0. The van der Waals surface area contributed by atoms with E-state index in [1.807, 2.05) is 0 Å². The van der Waals surface area contributed by atoms with Crippen molar-refractivity contribution < 1.29 is 13.2 Å². The van der Waals surface area contributed by atoms with Crippen molar-refractivity contribution in [3.05, 3.63) is 18.3 Å². The van der Waals surface area contributed by atoms with E-state index in [9.17, 15) is 13.2 Å². The van der Waals surface area contributed by atoms with Gasteiger partial charge in [-0.25, -0.2) is 13.4 Å². The van der Waals surface area contributed by atoms with E-state index in [0.29, 0.717) is 0 Å². The molecule has 0 bridgehead atoms. The predicted octanol–water partition coefficient (Wildman–Crippen LogP) is 0.304. The predicted molar refractivity (Wildman–Crippen MR) is 68.6 cm³/mol. The summed E-state index contributed by atoms with van der Waals surface area (Å²) in [6.45, 7) is 3.61. The molecule has 0 aliphatic rings. The standard InChI is InChI=1S/C11H17N3O3S/c1-8(2)14(3)10(15)7-18(16,17)11-9(12)5-4-6-13-11/h4-6,8H,7,12H2,1-3H3. The Bertz CT molecular complexity index is 540. The third kappa shape index (κ3) is 3.19. The van der Waals surface area contributed by atoms with Crippen LogP contribution in [0.15, 0.2) is 23.4 Å². The highest BCUT2D eigenvalue weighted by atomic mass is 32.2. The average Bonchev–Trinajstić information content (AvgIpc) is 2.27. The van der Waals surface area contributed by atoms with Crippen LogP contribution in [0.2, 0.25) is 0 Å². The van der Waals surface area contributed by atoms with Gasteiger partial charge < -0.3 is 10.6 Å². The van der Waals surface area contributed by atoms with E-state index in [0.717, 1.165) is 0 Å². The zero-order valence-corrected chi connectivity index (χ0v) is 11.4. The number of amides is 1. The van der Waals surface area contributed by atoms with Crippen LogP contribution in [-0.4, -0.2) is 43.1 Å². The van der Waals surface area contributed by atoms with Gasteiger partial charge in [-0.3, -0.25) is 4.79 Å². The van der Waals surface area contributed by atoms with Gasteiger partial charge >= 0.3 is 0 Å². The highest BCUT2D eigenvalue weighted by Gasteiger charge is 2.25. The van der Waals surface area contributed by atoms with Crippen molar-refractivity contribution in [3.63, 3.8) is 0 Å². The number of anilines is 1. The third-order valence-electron chi connectivity index (χ3n) is 2.58. The molecule has 1 rings (SSSR count). The first-order chi connectivity index (χ1) is 8.25. The Morgan fingerprint density at radius 3 is 2.61 bits per heavy atom. The van der Waals surface area contributed by atoms with Crippen LogP contribution in [0.4, 0.5) is 5.69 Å². The molecule has 1 aromatic heterocycles. The number of rotatable bonds is 4. The van der Waals surface area contributed by atoms with Crippen molar-refractivity contribution in [2.75, 3.05) is 18.5 Å². The van der Waals surface area contributed by atoms with Crippen molar-refractivity contribution in [1.82, 2.24) is 9.88 Å². The molecule has 0 aliphatic heterocycles. The Balaban J connectivity index is 2.97. The van der Waals surface area contributed by atoms with E-state index < -0.39 is 21.5 Å². The van der Waals surface area contributed by atoms with Gasteiger partial charge in [0.1, 0.15) is 5.75 Å². The molecule has 0 radical (unpaired) electrons.